The fraction of sp³-hybridized carbons (Fsp3) is 0.292. The van der Waals surface area contributed by atoms with Crippen LogP contribution in [0.3, 0.4) is 0 Å². The minimum atomic E-state index is -3.14. The zero-order chi connectivity index (χ0) is 23.6. The van der Waals surface area contributed by atoms with Gasteiger partial charge in [0.2, 0.25) is 5.91 Å². The first-order chi connectivity index (χ1) is 15.8. The molecule has 6 nitrogen and oxygen atoms in total. The summed E-state index contributed by atoms with van der Waals surface area (Å²) in [5.74, 6) is 1.06. The van der Waals surface area contributed by atoms with E-state index in [1.165, 1.54) is 0 Å². The van der Waals surface area contributed by atoms with Gasteiger partial charge in [-0.1, -0.05) is 60.5 Å². The Morgan fingerprint density at radius 1 is 1.15 bits per heavy atom. The van der Waals surface area contributed by atoms with Gasteiger partial charge in [0.05, 0.1) is 21.7 Å². The lowest BCUT2D eigenvalue weighted by atomic mass is 10.0. The Morgan fingerprint density at radius 3 is 2.55 bits per heavy atom. The third kappa shape index (κ3) is 5.21. The van der Waals surface area contributed by atoms with Crippen molar-refractivity contribution in [3.8, 4) is 22.6 Å². The highest BCUT2D eigenvalue weighted by molar-refractivity contribution is 7.92. The average molecular weight is 508 g/mol. The molecule has 2 aromatic carbocycles. The van der Waals surface area contributed by atoms with Crippen LogP contribution in [0.1, 0.15) is 19.8 Å². The molecule has 1 unspecified atom stereocenters. The van der Waals surface area contributed by atoms with Crippen LogP contribution in [-0.4, -0.2) is 38.5 Å². The summed E-state index contributed by atoms with van der Waals surface area (Å²) >= 11 is 13.1. The number of ether oxygens (including phenoxy) is 2. The van der Waals surface area contributed by atoms with Crippen LogP contribution in [0.5, 0.6) is 11.5 Å². The molecule has 1 atom stereocenters. The summed E-state index contributed by atoms with van der Waals surface area (Å²) in [6, 6.07) is 8.79. The molecule has 2 aromatic rings. The summed E-state index contributed by atoms with van der Waals surface area (Å²) in [6.45, 7) is 2.54. The number of nitrogens with one attached hydrogen (secondary N) is 1. The fourth-order valence-electron chi connectivity index (χ4n) is 3.82. The Labute approximate surface area is 203 Å². The molecule has 1 heterocycles. The van der Waals surface area contributed by atoms with Gasteiger partial charge in [-0.3, -0.25) is 4.79 Å². The van der Waals surface area contributed by atoms with Crippen molar-refractivity contribution < 1.29 is 22.7 Å². The van der Waals surface area contributed by atoms with Gasteiger partial charge in [0.1, 0.15) is 13.2 Å². The number of benzene rings is 2. The van der Waals surface area contributed by atoms with Crippen molar-refractivity contribution >= 4 is 44.6 Å². The number of sulfone groups is 1. The van der Waals surface area contributed by atoms with Crippen molar-refractivity contribution in [2.75, 3.05) is 24.3 Å². The van der Waals surface area contributed by atoms with E-state index in [2.05, 4.69) is 5.32 Å². The van der Waals surface area contributed by atoms with Gasteiger partial charge in [-0.2, -0.15) is 0 Å². The maximum absolute atomic E-state index is 12.6. The molecule has 1 amide bonds. The van der Waals surface area contributed by atoms with E-state index in [-0.39, 0.29) is 18.1 Å². The second kappa shape index (κ2) is 9.79. The maximum atomic E-state index is 12.6. The summed E-state index contributed by atoms with van der Waals surface area (Å²) in [5.41, 5.74) is 2.54. The number of halogens is 2. The van der Waals surface area contributed by atoms with E-state index in [0.717, 1.165) is 5.57 Å². The normalized spacial score (nSPS) is 17.4. The van der Waals surface area contributed by atoms with Gasteiger partial charge in [0.15, 0.2) is 21.3 Å². The second-order valence-corrected chi connectivity index (χ2v) is 11.1. The van der Waals surface area contributed by atoms with E-state index in [4.69, 9.17) is 32.7 Å². The molecule has 2 aliphatic rings. The largest absolute Gasteiger partial charge is 0.486 e. The molecule has 4 rings (SSSR count). The first-order valence-electron chi connectivity index (χ1n) is 10.5. The number of carbonyl (C=O) groups excluding carboxylic acids is 1. The highest BCUT2D eigenvalue weighted by Gasteiger charge is 2.23. The number of hydrogen-bond acceptors (Lipinski definition) is 5. The number of hydrogen-bond donors (Lipinski definition) is 1. The van der Waals surface area contributed by atoms with Gasteiger partial charge in [-0.15, -0.1) is 0 Å². The van der Waals surface area contributed by atoms with Crippen molar-refractivity contribution in [2.45, 2.75) is 25.0 Å². The van der Waals surface area contributed by atoms with Crippen LogP contribution in [0.25, 0.3) is 11.1 Å². The molecule has 0 spiro atoms. The molecular formula is C24H23Cl2NO5S. The van der Waals surface area contributed by atoms with E-state index in [0.29, 0.717) is 58.0 Å². The Kier molecular flexibility index (Phi) is 7.02. The molecular weight excluding hydrogens is 485 g/mol. The van der Waals surface area contributed by atoms with E-state index in [1.54, 1.807) is 37.3 Å². The zero-order valence-corrected chi connectivity index (χ0v) is 20.3. The molecule has 9 heteroatoms. The predicted molar refractivity (Wildman–Crippen MR) is 131 cm³/mol. The van der Waals surface area contributed by atoms with E-state index in [1.807, 2.05) is 18.2 Å². The van der Waals surface area contributed by atoms with Crippen molar-refractivity contribution in [1.29, 1.82) is 0 Å². The topological polar surface area (TPSA) is 81.7 Å². The van der Waals surface area contributed by atoms with Gasteiger partial charge >= 0.3 is 0 Å². The van der Waals surface area contributed by atoms with Crippen LogP contribution >= 0.6 is 23.2 Å². The molecule has 0 saturated carbocycles. The van der Waals surface area contributed by atoms with Crippen LogP contribution in [0.4, 0.5) is 5.69 Å². The molecule has 0 saturated heterocycles. The van der Waals surface area contributed by atoms with Gasteiger partial charge < -0.3 is 14.8 Å². The van der Waals surface area contributed by atoms with Crippen molar-refractivity contribution in [3.63, 3.8) is 0 Å². The molecule has 0 fully saturated rings. The Bertz CT molecular complexity index is 1230. The lowest BCUT2D eigenvalue weighted by Gasteiger charge is -2.22. The van der Waals surface area contributed by atoms with Crippen molar-refractivity contribution in [1.82, 2.24) is 0 Å². The SMILES string of the molecule is CCS(=O)(=O)C1C=CC(CC(=O)Nc2cc(Cl)c(-c3cccc4c3OCCO4)c(Cl)c2)=CC1. The second-order valence-electron chi connectivity index (χ2n) is 7.73. The minimum Gasteiger partial charge on any atom is -0.486 e. The summed E-state index contributed by atoms with van der Waals surface area (Å²) in [4.78, 5) is 12.6. The number of fused-ring (bicyclic) bond motifs is 1. The van der Waals surface area contributed by atoms with Gasteiger partial charge in [0.25, 0.3) is 0 Å². The Balaban J connectivity index is 1.48. The van der Waals surface area contributed by atoms with Crippen LogP contribution in [0.2, 0.25) is 10.0 Å². The number of para-hydroxylation sites is 1. The number of carbonyl (C=O) groups is 1. The smallest absolute Gasteiger partial charge is 0.228 e. The third-order valence-corrected chi connectivity index (χ3v) is 8.20. The van der Waals surface area contributed by atoms with Crippen LogP contribution in [0.15, 0.2) is 54.1 Å². The average Bonchev–Trinajstić information content (AvgIpc) is 2.79. The highest BCUT2D eigenvalue weighted by Crippen LogP contribution is 2.46. The molecule has 1 aliphatic heterocycles. The third-order valence-electron chi connectivity index (χ3n) is 5.53. The molecule has 1 N–H and O–H groups in total. The fourth-order valence-corrected chi connectivity index (χ4v) is 5.65. The number of rotatable bonds is 6. The first kappa shape index (κ1) is 23.7. The zero-order valence-electron chi connectivity index (χ0n) is 17.9. The maximum Gasteiger partial charge on any atom is 0.228 e. The lowest BCUT2D eigenvalue weighted by Crippen LogP contribution is -2.22. The van der Waals surface area contributed by atoms with Crippen LogP contribution < -0.4 is 14.8 Å². The Morgan fingerprint density at radius 2 is 1.88 bits per heavy atom. The molecule has 174 valence electrons. The Hall–Kier alpha value is -2.48. The number of allylic oxidation sites excluding steroid dienone is 2. The van der Waals surface area contributed by atoms with Crippen molar-refractivity contribution in [3.05, 3.63) is 64.2 Å². The van der Waals surface area contributed by atoms with Gasteiger partial charge in [-0.05, 0) is 30.2 Å². The standard InChI is InChI=1S/C24H23Cl2NO5S/c1-2-33(29,30)17-8-6-15(7-9-17)12-22(28)27-16-13-19(25)23(20(26)14-16)18-4-3-5-21-24(18)32-11-10-31-21/h3-8,13-14,17H,2,9-12H2,1H3,(H,27,28). The molecule has 1 aliphatic carbocycles. The monoisotopic (exact) mass is 507 g/mol. The number of amides is 1. The van der Waals surface area contributed by atoms with Gasteiger partial charge in [0, 0.05) is 22.6 Å². The van der Waals surface area contributed by atoms with Crippen LogP contribution in [0, 0.1) is 0 Å². The quantitative estimate of drug-likeness (QED) is 0.561. The predicted octanol–water partition coefficient (Wildman–Crippen LogP) is 5.45. The molecule has 0 bridgehead atoms. The van der Waals surface area contributed by atoms with Crippen molar-refractivity contribution in [2.24, 2.45) is 0 Å². The summed E-state index contributed by atoms with van der Waals surface area (Å²) in [6.07, 6.45) is 5.63. The lowest BCUT2D eigenvalue weighted by molar-refractivity contribution is -0.115. The molecule has 33 heavy (non-hydrogen) atoms. The molecule has 0 radical (unpaired) electrons. The highest BCUT2D eigenvalue weighted by atomic mass is 35.5. The van der Waals surface area contributed by atoms with Crippen LogP contribution in [-0.2, 0) is 14.6 Å². The number of anilines is 1. The van der Waals surface area contributed by atoms with Gasteiger partial charge in [-0.25, -0.2) is 8.42 Å². The summed E-state index contributed by atoms with van der Waals surface area (Å²) < 4.78 is 35.4. The minimum absolute atomic E-state index is 0.0914. The molecule has 0 aromatic heterocycles. The van der Waals surface area contributed by atoms with E-state index >= 15 is 0 Å². The van der Waals surface area contributed by atoms with E-state index < -0.39 is 15.1 Å². The first-order valence-corrected chi connectivity index (χ1v) is 13.0. The van der Waals surface area contributed by atoms with E-state index in [9.17, 15) is 13.2 Å². The summed E-state index contributed by atoms with van der Waals surface area (Å²) in [5, 5.41) is 3.01. The summed E-state index contributed by atoms with van der Waals surface area (Å²) in [7, 11) is -3.14.